The third kappa shape index (κ3) is 1.70. The zero-order valence-corrected chi connectivity index (χ0v) is 11.3. The van der Waals surface area contributed by atoms with Gasteiger partial charge < -0.3 is 14.9 Å². The van der Waals surface area contributed by atoms with E-state index in [0.717, 1.165) is 0 Å². The summed E-state index contributed by atoms with van der Waals surface area (Å²) in [5.74, 6) is -0.965. The van der Waals surface area contributed by atoms with E-state index in [-0.39, 0.29) is 29.8 Å². The second-order valence-electron chi connectivity index (χ2n) is 6.53. The molecule has 0 bridgehead atoms. The monoisotopic (exact) mass is 264 g/mol. The molecule has 2 N–H and O–H groups in total. The summed E-state index contributed by atoms with van der Waals surface area (Å²) >= 11 is 0. The van der Waals surface area contributed by atoms with Gasteiger partial charge in [0.1, 0.15) is 6.10 Å². The second-order valence-corrected chi connectivity index (χ2v) is 6.53. The summed E-state index contributed by atoms with van der Waals surface area (Å²) in [7, 11) is 0. The molecule has 0 aromatic heterocycles. The molecule has 1 saturated carbocycles. The number of aliphatic hydroxyl groups is 2. The van der Waals surface area contributed by atoms with E-state index in [9.17, 15) is 15.0 Å². The fourth-order valence-corrected chi connectivity index (χ4v) is 3.93. The third-order valence-electron chi connectivity index (χ3n) is 5.09. The van der Waals surface area contributed by atoms with E-state index in [1.807, 2.05) is 6.08 Å². The van der Waals surface area contributed by atoms with Gasteiger partial charge in [-0.2, -0.15) is 0 Å². The lowest BCUT2D eigenvalue weighted by atomic mass is 9.73. The van der Waals surface area contributed by atoms with Crippen LogP contribution in [0.25, 0.3) is 0 Å². The molecule has 4 heteroatoms. The standard InChI is InChI=1S/C15H20O4/c1-8-9-4-6-14(2,17)10-5-7-15(3,18)11(10)12(9)19-13(8)16/h5,7,9-12,17-18H,1,4,6H2,2-3H3. The Kier molecular flexibility index (Phi) is 2.51. The van der Waals surface area contributed by atoms with Crippen molar-refractivity contribution in [2.24, 2.45) is 17.8 Å². The molecular weight excluding hydrogens is 244 g/mol. The van der Waals surface area contributed by atoms with Gasteiger partial charge in [0, 0.05) is 23.3 Å². The number of carbonyl (C=O) groups excluding carboxylic acids is 1. The number of fused-ring (bicyclic) bond motifs is 3. The van der Waals surface area contributed by atoms with E-state index in [0.29, 0.717) is 18.4 Å². The van der Waals surface area contributed by atoms with Gasteiger partial charge in [0.25, 0.3) is 0 Å². The normalized spacial score (nSPS) is 52.6. The third-order valence-corrected chi connectivity index (χ3v) is 5.09. The van der Waals surface area contributed by atoms with E-state index >= 15 is 0 Å². The molecule has 6 atom stereocenters. The summed E-state index contributed by atoms with van der Waals surface area (Å²) in [6.07, 6.45) is 4.43. The highest BCUT2D eigenvalue weighted by molar-refractivity contribution is 5.90. The molecule has 1 heterocycles. The van der Waals surface area contributed by atoms with Gasteiger partial charge in [0.2, 0.25) is 0 Å². The van der Waals surface area contributed by atoms with Gasteiger partial charge in [-0.3, -0.25) is 0 Å². The van der Waals surface area contributed by atoms with Crippen molar-refractivity contribution in [2.75, 3.05) is 0 Å². The van der Waals surface area contributed by atoms with Crippen LogP contribution < -0.4 is 0 Å². The minimum atomic E-state index is -1.06. The van der Waals surface area contributed by atoms with Gasteiger partial charge in [-0.15, -0.1) is 0 Å². The maximum atomic E-state index is 11.7. The Bertz CT molecular complexity index is 475. The Morgan fingerprint density at radius 3 is 2.79 bits per heavy atom. The van der Waals surface area contributed by atoms with Crippen LogP contribution in [0.2, 0.25) is 0 Å². The highest BCUT2D eigenvalue weighted by atomic mass is 16.6. The number of ether oxygens (including phenoxy) is 1. The lowest BCUT2D eigenvalue weighted by Crippen LogP contribution is -2.47. The van der Waals surface area contributed by atoms with Crippen LogP contribution in [0, 0.1) is 17.8 Å². The molecule has 6 unspecified atom stereocenters. The minimum absolute atomic E-state index is 0.0969. The SMILES string of the molecule is C=C1C(=O)OC2C1CCC(C)(O)C1C=CC(C)(O)C21. The van der Waals surface area contributed by atoms with Crippen LogP contribution in [0.15, 0.2) is 24.3 Å². The van der Waals surface area contributed by atoms with E-state index in [4.69, 9.17) is 4.74 Å². The summed E-state index contributed by atoms with van der Waals surface area (Å²) in [4.78, 5) is 11.7. The highest BCUT2D eigenvalue weighted by Crippen LogP contribution is 2.52. The predicted molar refractivity (Wildman–Crippen MR) is 69.1 cm³/mol. The van der Waals surface area contributed by atoms with Crippen LogP contribution in [0.4, 0.5) is 0 Å². The lowest BCUT2D eigenvalue weighted by molar-refractivity contribution is -0.148. The van der Waals surface area contributed by atoms with Crippen LogP contribution in [-0.2, 0) is 9.53 Å². The second kappa shape index (κ2) is 3.70. The summed E-state index contributed by atoms with van der Waals surface area (Å²) in [6, 6.07) is 0. The van der Waals surface area contributed by atoms with Crippen LogP contribution in [0.1, 0.15) is 26.7 Å². The average molecular weight is 264 g/mol. The zero-order chi connectivity index (χ0) is 14.0. The Hall–Kier alpha value is -1.13. The van der Waals surface area contributed by atoms with Crippen molar-refractivity contribution in [3.63, 3.8) is 0 Å². The molecule has 3 rings (SSSR count). The predicted octanol–water partition coefficient (Wildman–Crippen LogP) is 1.18. The number of hydrogen-bond acceptors (Lipinski definition) is 4. The first-order valence-electron chi connectivity index (χ1n) is 6.78. The van der Waals surface area contributed by atoms with E-state index < -0.39 is 11.2 Å². The number of rotatable bonds is 0. The molecule has 19 heavy (non-hydrogen) atoms. The summed E-state index contributed by atoms with van der Waals surface area (Å²) in [6.45, 7) is 7.32. The van der Waals surface area contributed by atoms with Crippen molar-refractivity contribution >= 4 is 5.97 Å². The molecule has 0 radical (unpaired) electrons. The van der Waals surface area contributed by atoms with E-state index in [1.165, 1.54) is 0 Å². The quantitative estimate of drug-likeness (QED) is 0.392. The molecule has 0 spiro atoms. The van der Waals surface area contributed by atoms with E-state index in [1.54, 1.807) is 19.9 Å². The molecule has 1 aliphatic heterocycles. The first-order valence-corrected chi connectivity index (χ1v) is 6.78. The lowest BCUT2D eigenvalue weighted by Gasteiger charge is -2.38. The number of esters is 1. The topological polar surface area (TPSA) is 66.8 Å². The Morgan fingerprint density at radius 2 is 2.11 bits per heavy atom. The molecule has 2 aliphatic carbocycles. The fraction of sp³-hybridized carbons (Fsp3) is 0.667. The van der Waals surface area contributed by atoms with Gasteiger partial charge in [0.15, 0.2) is 0 Å². The maximum absolute atomic E-state index is 11.7. The first-order chi connectivity index (χ1) is 8.74. The molecule has 1 saturated heterocycles. The van der Waals surface area contributed by atoms with E-state index in [2.05, 4.69) is 6.58 Å². The number of hydrogen-bond donors (Lipinski definition) is 2. The maximum Gasteiger partial charge on any atom is 0.334 e. The molecule has 0 amide bonds. The van der Waals surface area contributed by atoms with Crippen molar-refractivity contribution in [3.8, 4) is 0 Å². The molecular formula is C15H20O4. The largest absolute Gasteiger partial charge is 0.458 e. The zero-order valence-electron chi connectivity index (χ0n) is 11.3. The van der Waals surface area contributed by atoms with Gasteiger partial charge >= 0.3 is 5.97 Å². The van der Waals surface area contributed by atoms with Crippen LogP contribution in [0.3, 0.4) is 0 Å². The van der Waals surface area contributed by atoms with Crippen molar-refractivity contribution in [2.45, 2.75) is 44.0 Å². The van der Waals surface area contributed by atoms with Gasteiger partial charge in [0.05, 0.1) is 11.2 Å². The first kappa shape index (κ1) is 12.9. The van der Waals surface area contributed by atoms with Crippen LogP contribution >= 0.6 is 0 Å². The van der Waals surface area contributed by atoms with Crippen LogP contribution in [-0.4, -0.2) is 33.5 Å². The van der Waals surface area contributed by atoms with Crippen molar-refractivity contribution in [1.29, 1.82) is 0 Å². The number of carbonyl (C=O) groups is 1. The molecule has 3 aliphatic rings. The molecule has 2 fully saturated rings. The van der Waals surface area contributed by atoms with Gasteiger partial charge in [-0.05, 0) is 26.7 Å². The van der Waals surface area contributed by atoms with Crippen LogP contribution in [0.5, 0.6) is 0 Å². The summed E-state index contributed by atoms with van der Waals surface area (Å²) in [5.41, 5.74) is -1.48. The van der Waals surface area contributed by atoms with Crippen molar-refractivity contribution in [3.05, 3.63) is 24.3 Å². The minimum Gasteiger partial charge on any atom is -0.458 e. The summed E-state index contributed by atoms with van der Waals surface area (Å²) < 4.78 is 5.45. The average Bonchev–Trinajstić information content (AvgIpc) is 2.71. The molecule has 104 valence electrons. The fourth-order valence-electron chi connectivity index (χ4n) is 3.93. The summed E-state index contributed by atoms with van der Waals surface area (Å²) in [5, 5.41) is 21.2. The Balaban J connectivity index is 2.05. The van der Waals surface area contributed by atoms with Crippen molar-refractivity contribution < 1.29 is 19.7 Å². The van der Waals surface area contributed by atoms with Crippen molar-refractivity contribution in [1.82, 2.24) is 0 Å². The van der Waals surface area contributed by atoms with Gasteiger partial charge in [-0.25, -0.2) is 4.79 Å². The molecule has 4 nitrogen and oxygen atoms in total. The smallest absolute Gasteiger partial charge is 0.334 e. The Labute approximate surface area is 112 Å². The molecule has 0 aromatic carbocycles. The van der Waals surface area contributed by atoms with Gasteiger partial charge in [-0.1, -0.05) is 18.7 Å². The molecule has 0 aromatic rings. The highest BCUT2D eigenvalue weighted by Gasteiger charge is 2.58. The Morgan fingerprint density at radius 1 is 1.42 bits per heavy atom.